The van der Waals surface area contributed by atoms with Crippen molar-refractivity contribution in [3.05, 3.63) is 17.3 Å². The molecule has 0 N–H and O–H groups in total. The number of ether oxygens (including phenoxy) is 3. The molecule has 0 bridgehead atoms. The maximum atomic E-state index is 12.9. The molecule has 112 valence electrons. The van der Waals surface area contributed by atoms with Crippen molar-refractivity contribution in [1.29, 1.82) is 0 Å². The Morgan fingerprint density at radius 2 is 1.90 bits per heavy atom. The Balaban J connectivity index is 3.53. The minimum atomic E-state index is -5.20. The van der Waals surface area contributed by atoms with Crippen molar-refractivity contribution >= 4 is 5.97 Å². The van der Waals surface area contributed by atoms with Crippen LogP contribution in [-0.2, 0) is 4.74 Å². The van der Waals surface area contributed by atoms with Crippen LogP contribution in [0.15, 0.2) is 6.20 Å². The fraction of sp³-hybridized carbons (Fsp3) is 0.400. The minimum absolute atomic E-state index is 0.560. The molecule has 0 aromatic carbocycles. The Morgan fingerprint density at radius 1 is 1.30 bits per heavy atom. The first-order valence-electron chi connectivity index (χ1n) is 4.90. The highest BCUT2D eigenvalue weighted by Crippen LogP contribution is 2.37. The van der Waals surface area contributed by atoms with E-state index < -0.39 is 41.5 Å². The second-order valence-corrected chi connectivity index (χ2v) is 3.26. The van der Waals surface area contributed by atoms with Crippen LogP contribution >= 0.6 is 0 Å². The van der Waals surface area contributed by atoms with Gasteiger partial charge in [0.2, 0.25) is 5.88 Å². The molecule has 0 amide bonds. The van der Waals surface area contributed by atoms with Gasteiger partial charge in [-0.25, -0.2) is 18.6 Å². The number of hydrogen-bond donors (Lipinski definition) is 0. The zero-order valence-corrected chi connectivity index (χ0v) is 10.1. The highest BCUT2D eigenvalue weighted by Gasteiger charge is 2.37. The molecule has 0 unspecified atom stereocenters. The zero-order chi connectivity index (χ0) is 15.5. The van der Waals surface area contributed by atoms with Crippen LogP contribution in [0.2, 0.25) is 0 Å². The van der Waals surface area contributed by atoms with E-state index in [2.05, 4.69) is 19.2 Å². The second kappa shape index (κ2) is 5.88. The number of esters is 1. The quantitative estimate of drug-likeness (QED) is 0.632. The van der Waals surface area contributed by atoms with Crippen LogP contribution in [0.4, 0.5) is 22.0 Å². The fourth-order valence-corrected chi connectivity index (χ4v) is 1.36. The van der Waals surface area contributed by atoms with Gasteiger partial charge in [0.05, 0.1) is 26.0 Å². The summed E-state index contributed by atoms with van der Waals surface area (Å²) in [6.07, 6.45) is -7.91. The Morgan fingerprint density at radius 3 is 2.30 bits per heavy atom. The lowest BCUT2D eigenvalue weighted by atomic mass is 10.1. The molecule has 0 aliphatic rings. The van der Waals surface area contributed by atoms with Crippen molar-refractivity contribution in [3.63, 3.8) is 0 Å². The summed E-state index contributed by atoms with van der Waals surface area (Å²) in [5.41, 5.74) is -2.23. The van der Waals surface area contributed by atoms with Crippen LogP contribution in [-0.4, -0.2) is 31.5 Å². The molecule has 0 fully saturated rings. The number of aromatic nitrogens is 1. The van der Waals surface area contributed by atoms with Crippen molar-refractivity contribution in [2.75, 3.05) is 14.2 Å². The Labute approximate surface area is 109 Å². The summed E-state index contributed by atoms with van der Waals surface area (Å²) in [6, 6.07) is 0. The van der Waals surface area contributed by atoms with Gasteiger partial charge in [-0.15, -0.1) is 13.2 Å². The number of halogens is 5. The summed E-state index contributed by atoms with van der Waals surface area (Å²) in [5, 5.41) is 0. The molecule has 20 heavy (non-hydrogen) atoms. The van der Waals surface area contributed by atoms with Crippen molar-refractivity contribution in [3.8, 4) is 11.6 Å². The van der Waals surface area contributed by atoms with E-state index in [4.69, 9.17) is 0 Å². The Hall–Kier alpha value is -2.13. The van der Waals surface area contributed by atoms with E-state index in [0.717, 1.165) is 14.2 Å². The van der Waals surface area contributed by atoms with Crippen LogP contribution in [0.5, 0.6) is 11.6 Å². The van der Waals surface area contributed by atoms with Gasteiger partial charge in [-0.05, 0) is 0 Å². The number of methoxy groups -OCH3 is 2. The summed E-state index contributed by atoms with van der Waals surface area (Å²) in [7, 11) is 1.81. The topological polar surface area (TPSA) is 57.7 Å². The fourth-order valence-electron chi connectivity index (χ4n) is 1.36. The molecular weight excluding hydrogens is 293 g/mol. The van der Waals surface area contributed by atoms with Gasteiger partial charge in [0.25, 0.3) is 6.43 Å². The first kappa shape index (κ1) is 15.9. The summed E-state index contributed by atoms with van der Waals surface area (Å²) >= 11 is 0. The second-order valence-electron chi connectivity index (χ2n) is 3.26. The third-order valence-electron chi connectivity index (χ3n) is 2.09. The molecule has 0 saturated carbocycles. The predicted octanol–water partition coefficient (Wildman–Crippen LogP) is 2.71. The number of carbonyl (C=O) groups is 1. The maximum Gasteiger partial charge on any atom is 0.574 e. The Bertz CT molecular complexity index is 503. The van der Waals surface area contributed by atoms with Gasteiger partial charge < -0.3 is 14.2 Å². The monoisotopic (exact) mass is 301 g/mol. The molecule has 0 atom stereocenters. The summed E-state index contributed by atoms with van der Waals surface area (Å²) in [5.74, 6) is -3.35. The van der Waals surface area contributed by atoms with Gasteiger partial charge >= 0.3 is 12.3 Å². The van der Waals surface area contributed by atoms with Gasteiger partial charge in [-0.1, -0.05) is 0 Å². The van der Waals surface area contributed by atoms with Crippen molar-refractivity contribution in [2.45, 2.75) is 12.8 Å². The number of carbonyl (C=O) groups excluding carboxylic acids is 1. The van der Waals surface area contributed by atoms with Crippen molar-refractivity contribution in [1.82, 2.24) is 4.98 Å². The minimum Gasteiger partial charge on any atom is -0.495 e. The van der Waals surface area contributed by atoms with E-state index in [1.807, 2.05) is 0 Å². The number of alkyl halides is 5. The van der Waals surface area contributed by atoms with Crippen LogP contribution in [0.25, 0.3) is 0 Å². The summed E-state index contributed by atoms with van der Waals surface area (Å²) < 4.78 is 74.5. The molecule has 10 heteroatoms. The third kappa shape index (κ3) is 3.45. The molecule has 1 rings (SSSR count). The van der Waals surface area contributed by atoms with Gasteiger partial charge in [0, 0.05) is 0 Å². The number of nitrogens with zero attached hydrogens (tertiary/aromatic N) is 1. The van der Waals surface area contributed by atoms with Crippen molar-refractivity contribution in [2.24, 2.45) is 0 Å². The molecule has 0 saturated heterocycles. The van der Waals surface area contributed by atoms with Crippen LogP contribution in [0.3, 0.4) is 0 Å². The molecule has 1 aromatic rings. The maximum absolute atomic E-state index is 12.9. The number of pyridine rings is 1. The lowest BCUT2D eigenvalue weighted by Crippen LogP contribution is -2.21. The van der Waals surface area contributed by atoms with E-state index in [-0.39, 0.29) is 0 Å². The van der Waals surface area contributed by atoms with Gasteiger partial charge in [-0.3, -0.25) is 0 Å². The largest absolute Gasteiger partial charge is 0.574 e. The van der Waals surface area contributed by atoms with E-state index in [0.29, 0.717) is 6.20 Å². The van der Waals surface area contributed by atoms with Gasteiger partial charge in [0.15, 0.2) is 0 Å². The summed E-state index contributed by atoms with van der Waals surface area (Å²) in [6.45, 7) is 0. The Kier molecular flexibility index (Phi) is 4.69. The lowest BCUT2D eigenvalue weighted by molar-refractivity contribution is -0.276. The summed E-state index contributed by atoms with van der Waals surface area (Å²) in [4.78, 5) is 14.6. The van der Waals surface area contributed by atoms with Crippen LogP contribution in [0, 0.1) is 0 Å². The molecule has 0 aliphatic carbocycles. The highest BCUT2D eigenvalue weighted by atomic mass is 19.4. The van der Waals surface area contributed by atoms with E-state index >= 15 is 0 Å². The molecule has 1 heterocycles. The molecule has 0 radical (unpaired) electrons. The predicted molar refractivity (Wildman–Crippen MR) is 53.8 cm³/mol. The highest BCUT2D eigenvalue weighted by molar-refractivity contribution is 5.94. The van der Waals surface area contributed by atoms with Gasteiger partial charge in [-0.2, -0.15) is 0 Å². The molecular formula is C10H8F5NO4. The standard InChI is InChI=1S/C10H8F5NO4/c1-18-4-3-16-8(20-10(13,14)15)6(9(17)19-2)5(4)7(11)12/h3,7H,1-2H3. The molecule has 5 nitrogen and oxygen atoms in total. The molecule has 0 spiro atoms. The first-order valence-corrected chi connectivity index (χ1v) is 4.90. The van der Waals surface area contributed by atoms with Crippen LogP contribution in [0.1, 0.15) is 22.3 Å². The van der Waals surface area contributed by atoms with E-state index in [1.54, 1.807) is 0 Å². The average Bonchev–Trinajstić information content (AvgIpc) is 2.35. The molecule has 0 aliphatic heterocycles. The third-order valence-corrected chi connectivity index (χ3v) is 2.09. The number of hydrogen-bond acceptors (Lipinski definition) is 5. The van der Waals surface area contributed by atoms with E-state index in [9.17, 15) is 26.7 Å². The zero-order valence-electron chi connectivity index (χ0n) is 10.1. The average molecular weight is 301 g/mol. The van der Waals surface area contributed by atoms with Gasteiger partial charge in [0.1, 0.15) is 11.3 Å². The smallest absolute Gasteiger partial charge is 0.495 e. The van der Waals surface area contributed by atoms with Crippen molar-refractivity contribution < 1.29 is 41.0 Å². The van der Waals surface area contributed by atoms with E-state index in [1.165, 1.54) is 0 Å². The first-order chi connectivity index (χ1) is 9.21. The molecule has 1 aromatic heterocycles. The lowest BCUT2D eigenvalue weighted by Gasteiger charge is -2.16. The van der Waals surface area contributed by atoms with Crippen LogP contribution < -0.4 is 9.47 Å². The normalized spacial score (nSPS) is 11.4. The number of rotatable bonds is 4. The SMILES string of the molecule is COC(=O)c1c(OC(F)(F)F)ncc(OC)c1C(F)F.